The molecule has 1 atom stereocenters. The van der Waals surface area contributed by atoms with Crippen LogP contribution in [0.5, 0.6) is 0 Å². The molecule has 1 aliphatic carbocycles. The highest BCUT2D eigenvalue weighted by Crippen LogP contribution is 2.34. The van der Waals surface area contributed by atoms with Gasteiger partial charge in [-0.25, -0.2) is 0 Å². The molecule has 1 aromatic carbocycles. The van der Waals surface area contributed by atoms with Crippen LogP contribution in [-0.2, 0) is 0 Å². The summed E-state index contributed by atoms with van der Waals surface area (Å²) >= 11 is 0. The van der Waals surface area contributed by atoms with Gasteiger partial charge in [0.05, 0.1) is 4.92 Å². The Labute approximate surface area is 113 Å². The number of benzene rings is 1. The molecular formula is C14H21N3O2. The van der Waals surface area contributed by atoms with Crippen LogP contribution in [0.3, 0.4) is 0 Å². The third kappa shape index (κ3) is 3.44. The fourth-order valence-electron chi connectivity index (χ4n) is 2.43. The Morgan fingerprint density at radius 3 is 2.63 bits per heavy atom. The van der Waals surface area contributed by atoms with Crippen molar-refractivity contribution in [1.29, 1.82) is 0 Å². The van der Waals surface area contributed by atoms with E-state index < -0.39 is 0 Å². The Morgan fingerprint density at radius 2 is 2.16 bits per heavy atom. The summed E-state index contributed by atoms with van der Waals surface area (Å²) in [4.78, 5) is 12.6. The van der Waals surface area contributed by atoms with Gasteiger partial charge in [0, 0.05) is 30.4 Å². The van der Waals surface area contributed by atoms with Crippen LogP contribution in [0.4, 0.5) is 11.4 Å². The van der Waals surface area contributed by atoms with E-state index in [-0.39, 0.29) is 10.6 Å². The van der Waals surface area contributed by atoms with Crippen LogP contribution in [0, 0.1) is 23.0 Å². The molecule has 2 rings (SSSR count). The maximum absolute atomic E-state index is 10.7. The van der Waals surface area contributed by atoms with Gasteiger partial charge in [-0.15, -0.1) is 0 Å². The van der Waals surface area contributed by atoms with E-state index in [9.17, 15) is 10.1 Å². The lowest BCUT2D eigenvalue weighted by Gasteiger charge is -2.25. The van der Waals surface area contributed by atoms with E-state index in [1.54, 1.807) is 18.2 Å². The van der Waals surface area contributed by atoms with E-state index in [2.05, 4.69) is 24.3 Å². The van der Waals surface area contributed by atoms with Gasteiger partial charge in [-0.1, -0.05) is 0 Å². The molecule has 1 aromatic rings. The zero-order valence-electron chi connectivity index (χ0n) is 11.7. The number of anilines is 1. The average Bonchev–Trinajstić information content (AvgIpc) is 3.15. The molecular weight excluding hydrogens is 242 g/mol. The molecule has 0 aliphatic heterocycles. The first-order valence-electron chi connectivity index (χ1n) is 6.64. The van der Waals surface area contributed by atoms with Crippen molar-refractivity contribution < 1.29 is 4.92 Å². The quantitative estimate of drug-likeness (QED) is 0.633. The monoisotopic (exact) mass is 263 g/mol. The number of nitro benzene ring substituents is 1. The second-order valence-electron chi connectivity index (χ2n) is 5.51. The molecule has 1 saturated carbocycles. The predicted octanol–water partition coefficient (Wildman–Crippen LogP) is 2.66. The number of rotatable bonds is 6. The second-order valence-corrected chi connectivity index (χ2v) is 5.51. The first kappa shape index (κ1) is 13.8. The topological polar surface area (TPSA) is 58.4 Å². The van der Waals surface area contributed by atoms with E-state index in [4.69, 9.17) is 0 Å². The molecule has 104 valence electrons. The van der Waals surface area contributed by atoms with E-state index in [1.165, 1.54) is 12.8 Å². The zero-order valence-corrected chi connectivity index (χ0v) is 11.7. The van der Waals surface area contributed by atoms with Crippen molar-refractivity contribution in [3.8, 4) is 0 Å². The maximum atomic E-state index is 10.7. The third-order valence-electron chi connectivity index (χ3n) is 3.75. The van der Waals surface area contributed by atoms with Crippen molar-refractivity contribution in [3.05, 3.63) is 33.9 Å². The lowest BCUT2D eigenvalue weighted by atomic mass is 10.1. The van der Waals surface area contributed by atoms with Gasteiger partial charge >= 0.3 is 0 Å². The van der Waals surface area contributed by atoms with Crippen molar-refractivity contribution in [2.24, 2.45) is 5.92 Å². The third-order valence-corrected chi connectivity index (χ3v) is 3.75. The van der Waals surface area contributed by atoms with Gasteiger partial charge in [-0.3, -0.25) is 10.1 Å². The number of nitrogens with zero attached hydrogens (tertiary/aromatic N) is 2. The molecule has 5 heteroatoms. The smallest absolute Gasteiger partial charge is 0.269 e. The van der Waals surface area contributed by atoms with Gasteiger partial charge in [-0.05, 0) is 51.4 Å². The number of likely N-dealkylation sites (N-methyl/N-ethyl adjacent to an activating group) is 1. The van der Waals surface area contributed by atoms with Crippen LogP contribution in [0.15, 0.2) is 18.2 Å². The van der Waals surface area contributed by atoms with E-state index in [0.29, 0.717) is 6.04 Å². The maximum Gasteiger partial charge on any atom is 0.269 e. The summed E-state index contributed by atoms with van der Waals surface area (Å²) in [6.07, 6.45) is 2.62. The van der Waals surface area contributed by atoms with Crippen LogP contribution < -0.4 is 5.32 Å². The van der Waals surface area contributed by atoms with Gasteiger partial charge in [0.1, 0.15) is 0 Å². The van der Waals surface area contributed by atoms with Crippen LogP contribution in [-0.4, -0.2) is 36.5 Å². The summed E-state index contributed by atoms with van der Waals surface area (Å²) in [5.41, 5.74) is 2.05. The molecule has 1 unspecified atom stereocenters. The highest BCUT2D eigenvalue weighted by molar-refractivity contribution is 5.55. The fourth-order valence-corrected chi connectivity index (χ4v) is 2.43. The molecule has 1 aliphatic rings. The van der Waals surface area contributed by atoms with Crippen LogP contribution >= 0.6 is 0 Å². The van der Waals surface area contributed by atoms with Crippen LogP contribution in [0.25, 0.3) is 0 Å². The highest BCUT2D eigenvalue weighted by Gasteiger charge is 2.32. The number of aryl methyl sites for hydroxylation is 1. The van der Waals surface area contributed by atoms with E-state index in [0.717, 1.165) is 23.7 Å². The Kier molecular flexibility index (Phi) is 4.04. The minimum atomic E-state index is -0.358. The number of hydrogen-bond acceptors (Lipinski definition) is 4. The number of hydrogen-bond donors (Lipinski definition) is 1. The zero-order chi connectivity index (χ0) is 14.0. The molecule has 0 spiro atoms. The Bertz CT molecular complexity index is 468. The number of nitrogens with one attached hydrogen (secondary N) is 1. The largest absolute Gasteiger partial charge is 0.383 e. The lowest BCUT2D eigenvalue weighted by molar-refractivity contribution is -0.384. The molecule has 0 bridgehead atoms. The van der Waals surface area contributed by atoms with Crippen LogP contribution in [0.2, 0.25) is 0 Å². The summed E-state index contributed by atoms with van der Waals surface area (Å²) in [5, 5.41) is 14.1. The predicted molar refractivity (Wildman–Crippen MR) is 76.5 cm³/mol. The minimum Gasteiger partial charge on any atom is -0.383 e. The lowest BCUT2D eigenvalue weighted by Crippen LogP contribution is -2.36. The minimum absolute atomic E-state index is 0.148. The van der Waals surface area contributed by atoms with Crippen molar-refractivity contribution in [2.75, 3.05) is 26.0 Å². The molecule has 0 amide bonds. The Balaban J connectivity index is 2.00. The summed E-state index contributed by atoms with van der Waals surface area (Å²) in [7, 11) is 4.21. The van der Waals surface area contributed by atoms with E-state index in [1.807, 2.05) is 6.92 Å². The molecule has 5 nitrogen and oxygen atoms in total. The van der Waals surface area contributed by atoms with Gasteiger partial charge in [0.15, 0.2) is 0 Å². The average molecular weight is 263 g/mol. The molecule has 0 aromatic heterocycles. The SMILES string of the molecule is Cc1cc([N+](=O)[O-])ccc1NCC(C1CC1)N(C)C. The van der Waals surface area contributed by atoms with E-state index >= 15 is 0 Å². The standard InChI is InChI=1S/C14H21N3O2/c1-10-8-12(17(18)19)6-7-13(10)15-9-14(16(2)3)11-4-5-11/h6-8,11,14-15H,4-5,9H2,1-3H3. The van der Waals surface area contributed by atoms with Crippen LogP contribution in [0.1, 0.15) is 18.4 Å². The molecule has 19 heavy (non-hydrogen) atoms. The van der Waals surface area contributed by atoms with Gasteiger partial charge < -0.3 is 10.2 Å². The summed E-state index contributed by atoms with van der Waals surface area (Å²) in [6.45, 7) is 2.79. The first-order chi connectivity index (χ1) is 8.99. The fraction of sp³-hybridized carbons (Fsp3) is 0.571. The summed E-state index contributed by atoms with van der Waals surface area (Å²) in [5.74, 6) is 0.792. The van der Waals surface area contributed by atoms with Crippen molar-refractivity contribution in [2.45, 2.75) is 25.8 Å². The van der Waals surface area contributed by atoms with Crippen molar-refractivity contribution in [1.82, 2.24) is 4.90 Å². The molecule has 0 radical (unpaired) electrons. The summed E-state index contributed by atoms with van der Waals surface area (Å²) < 4.78 is 0. The van der Waals surface area contributed by atoms with Gasteiger partial charge in [0.2, 0.25) is 0 Å². The molecule has 1 fully saturated rings. The number of nitro groups is 1. The highest BCUT2D eigenvalue weighted by atomic mass is 16.6. The molecule has 1 N–H and O–H groups in total. The van der Waals surface area contributed by atoms with Crippen molar-refractivity contribution >= 4 is 11.4 Å². The number of non-ortho nitro benzene ring substituents is 1. The second kappa shape index (κ2) is 5.57. The first-order valence-corrected chi connectivity index (χ1v) is 6.64. The molecule has 0 heterocycles. The Morgan fingerprint density at radius 1 is 1.47 bits per heavy atom. The normalized spacial score (nSPS) is 16.4. The Hall–Kier alpha value is -1.62. The van der Waals surface area contributed by atoms with Gasteiger partial charge in [0.25, 0.3) is 5.69 Å². The molecule has 0 saturated heterocycles. The summed E-state index contributed by atoms with van der Waals surface area (Å²) in [6, 6.07) is 5.50. The van der Waals surface area contributed by atoms with Gasteiger partial charge in [-0.2, -0.15) is 0 Å². The van der Waals surface area contributed by atoms with Crippen molar-refractivity contribution in [3.63, 3.8) is 0 Å².